The highest BCUT2D eigenvalue weighted by Gasteiger charge is 2.56. The Morgan fingerprint density at radius 1 is 0.662 bits per heavy atom. The van der Waals surface area contributed by atoms with Crippen molar-refractivity contribution in [3.63, 3.8) is 0 Å². The predicted molar refractivity (Wildman–Crippen MR) is 302 cm³/mol. The Bertz CT molecular complexity index is 2650. The number of amides is 1. The second-order valence-corrected chi connectivity index (χ2v) is 23.3. The monoisotopic (exact) mass is 1100 g/mol. The Kier molecular flexibility index (Phi) is 20.6. The molecule has 5 aliphatic rings. The van der Waals surface area contributed by atoms with Crippen molar-refractivity contribution in [3.05, 3.63) is 155 Å². The number of rotatable bonds is 22. The number of hydrogen-bond acceptors (Lipinski definition) is 14. The lowest BCUT2D eigenvalue weighted by molar-refractivity contribution is -0.392. The molecule has 9 rings (SSSR count). The molecule has 4 aliphatic heterocycles. The fourth-order valence-electron chi connectivity index (χ4n) is 11.9. The third-order valence-electron chi connectivity index (χ3n) is 16.8. The second-order valence-electron chi connectivity index (χ2n) is 23.3. The van der Waals surface area contributed by atoms with E-state index in [0.29, 0.717) is 24.0 Å². The number of ketones is 1. The van der Waals surface area contributed by atoms with E-state index in [9.17, 15) is 14.7 Å². The van der Waals surface area contributed by atoms with Crippen LogP contribution in [0, 0.1) is 29.1 Å². The minimum absolute atomic E-state index is 0.00622. The maximum Gasteiger partial charge on any atom is 0.219 e. The van der Waals surface area contributed by atoms with Crippen LogP contribution in [0.25, 0.3) is 0 Å². The largest absolute Gasteiger partial charge is 0.511 e. The maximum atomic E-state index is 14.4. The average molecular weight is 1100 g/mol. The van der Waals surface area contributed by atoms with Crippen molar-refractivity contribution in [2.45, 2.75) is 181 Å². The van der Waals surface area contributed by atoms with E-state index in [1.165, 1.54) is 0 Å². The Morgan fingerprint density at radius 2 is 1.25 bits per heavy atom. The van der Waals surface area contributed by atoms with Crippen molar-refractivity contribution in [2.24, 2.45) is 34.1 Å². The normalized spacial score (nSPS) is 32.8. The molecule has 4 heterocycles. The fourth-order valence-corrected chi connectivity index (χ4v) is 11.9. The highest BCUT2D eigenvalue weighted by atomic mass is 16.8. The van der Waals surface area contributed by atoms with Crippen molar-refractivity contribution >= 4 is 17.4 Å². The molecule has 4 saturated heterocycles. The molecule has 1 amide bonds. The van der Waals surface area contributed by atoms with Gasteiger partial charge in [-0.05, 0) is 53.2 Å². The number of allylic oxidation sites excluding steroid dienone is 2. The third kappa shape index (κ3) is 14.7. The van der Waals surface area contributed by atoms with Gasteiger partial charge in [0.15, 0.2) is 30.9 Å². The number of carbonyl (C=O) groups excluding carboxylic acids is 2. The number of benzene rings is 4. The fraction of sp³-hybridized carbons (Fsp3) is 0.554. The summed E-state index contributed by atoms with van der Waals surface area (Å²) < 4.78 is 70.0. The van der Waals surface area contributed by atoms with E-state index in [4.69, 9.17) is 52.4 Å². The first kappa shape index (κ1) is 59.5. The SMILES string of the molecule is CCC1O[C@H](OC2[C@@H]3OC(c4ccccc4)OCC3O[C@H](O[C@@H]3C(COCc4ccccc4)O[C@@H](OCc4ccccc4)C(N=C(CCCC(=O)NC)C4=C(O)CC(C)(C)CC4=O)[C@@H]3OCc3ccccc3)[C@@H]2C)C(C)[C@@H](C)[C@H]1C. The van der Waals surface area contributed by atoms with Crippen LogP contribution in [-0.2, 0) is 76.8 Å². The molecule has 0 spiro atoms. The molecule has 80 heavy (non-hydrogen) atoms. The van der Waals surface area contributed by atoms with Gasteiger partial charge in [0.25, 0.3) is 0 Å². The van der Waals surface area contributed by atoms with Crippen LogP contribution in [0.3, 0.4) is 0 Å². The van der Waals surface area contributed by atoms with Gasteiger partial charge in [-0.25, -0.2) is 0 Å². The summed E-state index contributed by atoms with van der Waals surface area (Å²) in [6, 6.07) is 38.4. The topological polar surface area (TPSA) is 171 Å². The third-order valence-corrected chi connectivity index (χ3v) is 16.8. The lowest BCUT2D eigenvalue weighted by Crippen LogP contribution is -2.65. The zero-order valence-electron chi connectivity index (χ0n) is 47.9. The number of carbonyl (C=O) groups is 2. The number of fused-ring (bicyclic) bond motifs is 1. The Morgan fingerprint density at radius 3 is 1.88 bits per heavy atom. The molecule has 4 aromatic carbocycles. The van der Waals surface area contributed by atoms with Crippen LogP contribution >= 0.6 is 0 Å². The standard InChI is InChI=1S/C65H84N2O13/c1-9-51-41(3)40(2)42(4)61(75-51)78-57-43(5)62(76-53-39-74-63(80-58(53)57)47-29-20-13-21-30-47)79-59-52(38-71-35-44-23-14-10-15-24-44)77-64(73-37-46-27-18-12-19-28-46)56(60(59)72-36-45-25-16-11-17-26-45)67-48(31-22-32-54(70)66-8)55-49(68)33-65(6,7)34-50(55)69/h10-21,23-30,40-43,51-53,56-64,68H,9,22,31-39H2,1-8H3,(H,66,70)/t40-,41+,42?,43+,51?,52?,53?,56?,57?,58+,59+,60-,61+,62+,63?,64+/m0/s1. The molecule has 2 N–H and O–H groups in total. The minimum atomic E-state index is -1.10. The molecule has 15 heteroatoms. The summed E-state index contributed by atoms with van der Waals surface area (Å²) in [5.74, 6) is -0.201. The molecule has 0 radical (unpaired) electrons. The van der Waals surface area contributed by atoms with Crippen molar-refractivity contribution in [1.82, 2.24) is 5.32 Å². The number of nitrogens with one attached hydrogen (secondary N) is 1. The van der Waals surface area contributed by atoms with Gasteiger partial charge in [-0.15, -0.1) is 0 Å². The lowest BCUT2D eigenvalue weighted by atomic mass is 9.75. The van der Waals surface area contributed by atoms with Crippen LogP contribution in [0.2, 0.25) is 0 Å². The van der Waals surface area contributed by atoms with Gasteiger partial charge in [0.05, 0.1) is 50.8 Å². The summed E-state index contributed by atoms with van der Waals surface area (Å²) >= 11 is 0. The number of aliphatic imine (C=N–C) groups is 1. The van der Waals surface area contributed by atoms with Gasteiger partial charge in [-0.3, -0.25) is 14.6 Å². The van der Waals surface area contributed by atoms with Crippen LogP contribution in [0.15, 0.2) is 138 Å². The molecule has 16 atom stereocenters. The van der Waals surface area contributed by atoms with E-state index in [1.54, 1.807) is 7.05 Å². The van der Waals surface area contributed by atoms with Gasteiger partial charge in [0, 0.05) is 49.4 Å². The molecular weight excluding hydrogens is 1020 g/mol. The van der Waals surface area contributed by atoms with E-state index >= 15 is 0 Å². The molecule has 0 aromatic heterocycles. The van der Waals surface area contributed by atoms with E-state index in [1.807, 2.05) is 135 Å². The number of nitrogens with zero attached hydrogens (tertiary/aromatic N) is 1. The summed E-state index contributed by atoms with van der Waals surface area (Å²) in [5, 5.41) is 14.6. The molecule has 4 fully saturated rings. The van der Waals surface area contributed by atoms with E-state index in [-0.39, 0.29) is 93.8 Å². The summed E-state index contributed by atoms with van der Waals surface area (Å²) in [5.41, 5.74) is 3.64. The van der Waals surface area contributed by atoms with Crippen molar-refractivity contribution in [2.75, 3.05) is 20.3 Å². The summed E-state index contributed by atoms with van der Waals surface area (Å²) in [6.07, 6.45) is -5.84. The molecule has 1 aliphatic carbocycles. The average Bonchev–Trinajstić information content (AvgIpc) is 3.52. The van der Waals surface area contributed by atoms with Crippen molar-refractivity contribution < 1.29 is 62.1 Å². The number of aliphatic hydroxyl groups is 1. The molecule has 432 valence electrons. The van der Waals surface area contributed by atoms with Gasteiger partial charge in [0.2, 0.25) is 5.91 Å². The van der Waals surface area contributed by atoms with Gasteiger partial charge in [-0.1, -0.05) is 170 Å². The molecule has 4 aromatic rings. The second kappa shape index (κ2) is 27.7. The van der Waals surface area contributed by atoms with Gasteiger partial charge in [0.1, 0.15) is 42.3 Å². The molecule has 0 saturated carbocycles. The Balaban J connectivity index is 1.14. The van der Waals surface area contributed by atoms with E-state index in [0.717, 1.165) is 28.7 Å². The summed E-state index contributed by atoms with van der Waals surface area (Å²) in [6.45, 7) is 15.7. The van der Waals surface area contributed by atoms with Crippen LogP contribution in [0.5, 0.6) is 0 Å². The zero-order chi connectivity index (χ0) is 56.3. The van der Waals surface area contributed by atoms with Crippen LogP contribution < -0.4 is 5.32 Å². The number of hydrogen-bond donors (Lipinski definition) is 2. The first-order valence-corrected chi connectivity index (χ1v) is 28.9. The van der Waals surface area contributed by atoms with Crippen LogP contribution in [0.1, 0.15) is 116 Å². The van der Waals surface area contributed by atoms with Crippen molar-refractivity contribution in [3.8, 4) is 0 Å². The number of Topliss-reactive ketones (excluding diaryl/α,β-unsaturated/α-hetero) is 1. The zero-order valence-corrected chi connectivity index (χ0v) is 47.9. The molecular formula is C65H84N2O13. The number of ether oxygens (including phenoxy) is 10. The minimum Gasteiger partial charge on any atom is -0.511 e. The predicted octanol–water partition coefficient (Wildman–Crippen LogP) is 10.9. The molecule has 15 nitrogen and oxygen atoms in total. The van der Waals surface area contributed by atoms with Crippen LogP contribution in [-0.4, -0.2) is 110 Å². The Labute approximate surface area is 473 Å². The molecule has 7 unspecified atom stereocenters. The number of aliphatic hydroxyl groups excluding tert-OH is 1. The first-order chi connectivity index (χ1) is 38.7. The Hall–Kier alpha value is -5.17. The smallest absolute Gasteiger partial charge is 0.219 e. The van der Waals surface area contributed by atoms with E-state index < -0.39 is 79.2 Å². The summed E-state index contributed by atoms with van der Waals surface area (Å²) in [4.78, 5) is 32.7. The highest BCUT2D eigenvalue weighted by Crippen LogP contribution is 2.44. The van der Waals surface area contributed by atoms with Gasteiger partial charge in [-0.2, -0.15) is 0 Å². The van der Waals surface area contributed by atoms with E-state index in [2.05, 4.69) is 39.9 Å². The maximum absolute atomic E-state index is 14.4. The van der Waals surface area contributed by atoms with Crippen molar-refractivity contribution in [1.29, 1.82) is 0 Å². The summed E-state index contributed by atoms with van der Waals surface area (Å²) in [7, 11) is 1.59. The van der Waals surface area contributed by atoms with Gasteiger partial charge >= 0.3 is 0 Å². The molecule has 0 bridgehead atoms. The van der Waals surface area contributed by atoms with Crippen LogP contribution in [0.4, 0.5) is 0 Å². The van der Waals surface area contributed by atoms with Gasteiger partial charge < -0.3 is 57.8 Å². The first-order valence-electron chi connectivity index (χ1n) is 28.9. The quantitative estimate of drug-likeness (QED) is 0.0713. The lowest BCUT2D eigenvalue weighted by Gasteiger charge is -2.52. The highest BCUT2D eigenvalue weighted by molar-refractivity contribution is 6.23.